The maximum atomic E-state index is 13.4. The molecule has 2 aromatic carbocycles. The van der Waals surface area contributed by atoms with Crippen LogP contribution in [0.4, 0.5) is 4.39 Å². The van der Waals surface area contributed by atoms with Crippen LogP contribution in [0.5, 0.6) is 11.5 Å². The van der Waals surface area contributed by atoms with Gasteiger partial charge in [0.2, 0.25) is 0 Å². The summed E-state index contributed by atoms with van der Waals surface area (Å²) >= 11 is 0. The Balaban J connectivity index is 2.24. The SMILES string of the molecule is COc1ccc(C)cc1COc1cc(F)ccc1C(C)N. The summed E-state index contributed by atoms with van der Waals surface area (Å²) in [5.74, 6) is 0.874. The Hall–Kier alpha value is -2.07. The highest BCUT2D eigenvalue weighted by atomic mass is 19.1. The van der Waals surface area contributed by atoms with Gasteiger partial charge in [0, 0.05) is 23.2 Å². The molecular formula is C17H20FNO2. The van der Waals surface area contributed by atoms with Crippen LogP contribution < -0.4 is 15.2 Å². The van der Waals surface area contributed by atoms with Crippen molar-refractivity contribution in [1.82, 2.24) is 0 Å². The minimum Gasteiger partial charge on any atom is -0.496 e. The van der Waals surface area contributed by atoms with Gasteiger partial charge in [-0.1, -0.05) is 17.7 Å². The summed E-state index contributed by atoms with van der Waals surface area (Å²) < 4.78 is 24.5. The van der Waals surface area contributed by atoms with Crippen LogP contribution in [0.2, 0.25) is 0 Å². The number of hydrogen-bond donors (Lipinski definition) is 1. The second kappa shape index (κ2) is 6.59. The third-order valence-electron chi connectivity index (χ3n) is 3.29. The molecule has 0 amide bonds. The third-order valence-corrected chi connectivity index (χ3v) is 3.29. The third kappa shape index (κ3) is 3.73. The standard InChI is InChI=1S/C17H20FNO2/c1-11-4-7-16(20-3)13(8-11)10-21-17-9-14(18)5-6-15(17)12(2)19/h4-9,12H,10,19H2,1-3H3. The Labute approximate surface area is 124 Å². The van der Waals surface area contributed by atoms with E-state index in [0.29, 0.717) is 12.4 Å². The topological polar surface area (TPSA) is 44.5 Å². The maximum Gasteiger partial charge on any atom is 0.127 e. The van der Waals surface area contributed by atoms with Gasteiger partial charge in [-0.05, 0) is 32.0 Å². The summed E-state index contributed by atoms with van der Waals surface area (Å²) in [6, 6.07) is 10.0. The first-order valence-corrected chi connectivity index (χ1v) is 6.82. The highest BCUT2D eigenvalue weighted by Crippen LogP contribution is 2.27. The molecule has 0 aliphatic carbocycles. The first-order chi connectivity index (χ1) is 10.0. The van der Waals surface area contributed by atoms with E-state index < -0.39 is 0 Å². The summed E-state index contributed by atoms with van der Waals surface area (Å²) in [6.07, 6.45) is 0. The molecule has 0 aliphatic rings. The number of aryl methyl sites for hydroxylation is 1. The van der Waals surface area contributed by atoms with Crippen molar-refractivity contribution in [2.75, 3.05) is 7.11 Å². The average molecular weight is 289 g/mol. The fraction of sp³-hybridized carbons (Fsp3) is 0.294. The van der Waals surface area contributed by atoms with Gasteiger partial charge in [-0.3, -0.25) is 0 Å². The molecule has 112 valence electrons. The fourth-order valence-electron chi connectivity index (χ4n) is 2.19. The van der Waals surface area contributed by atoms with E-state index in [9.17, 15) is 4.39 Å². The highest BCUT2D eigenvalue weighted by Gasteiger charge is 2.11. The maximum absolute atomic E-state index is 13.4. The van der Waals surface area contributed by atoms with Crippen LogP contribution >= 0.6 is 0 Å². The number of nitrogens with two attached hydrogens (primary N) is 1. The van der Waals surface area contributed by atoms with E-state index in [1.807, 2.05) is 32.0 Å². The van der Waals surface area contributed by atoms with Crippen LogP contribution in [0.1, 0.15) is 29.7 Å². The van der Waals surface area contributed by atoms with E-state index in [1.165, 1.54) is 12.1 Å². The molecule has 0 fully saturated rings. The van der Waals surface area contributed by atoms with Crippen molar-refractivity contribution >= 4 is 0 Å². The van der Waals surface area contributed by atoms with Crippen LogP contribution in [0.15, 0.2) is 36.4 Å². The van der Waals surface area contributed by atoms with Crippen molar-refractivity contribution in [3.05, 3.63) is 58.9 Å². The van der Waals surface area contributed by atoms with E-state index in [4.69, 9.17) is 15.2 Å². The van der Waals surface area contributed by atoms with Gasteiger partial charge in [-0.15, -0.1) is 0 Å². The predicted octanol–water partition coefficient (Wildman–Crippen LogP) is 3.74. The molecule has 4 heteroatoms. The smallest absolute Gasteiger partial charge is 0.127 e. The summed E-state index contributed by atoms with van der Waals surface area (Å²) in [5, 5.41) is 0. The van der Waals surface area contributed by atoms with Crippen molar-refractivity contribution in [2.45, 2.75) is 26.5 Å². The molecule has 2 aromatic rings. The van der Waals surface area contributed by atoms with Crippen molar-refractivity contribution in [1.29, 1.82) is 0 Å². The van der Waals surface area contributed by atoms with Gasteiger partial charge >= 0.3 is 0 Å². The second-order valence-electron chi connectivity index (χ2n) is 5.07. The lowest BCUT2D eigenvalue weighted by Gasteiger charge is -2.15. The number of benzene rings is 2. The zero-order chi connectivity index (χ0) is 15.4. The lowest BCUT2D eigenvalue weighted by atomic mass is 10.1. The number of methoxy groups -OCH3 is 1. The Kier molecular flexibility index (Phi) is 4.81. The van der Waals surface area contributed by atoms with Crippen LogP contribution in [-0.4, -0.2) is 7.11 Å². The Morgan fingerprint density at radius 1 is 1.14 bits per heavy atom. The number of halogens is 1. The summed E-state index contributed by atoms with van der Waals surface area (Å²) in [5.41, 5.74) is 8.69. The zero-order valence-electron chi connectivity index (χ0n) is 12.5. The molecule has 2 rings (SSSR count). The first kappa shape index (κ1) is 15.3. The number of hydrogen-bond acceptors (Lipinski definition) is 3. The van der Waals surface area contributed by atoms with Gasteiger partial charge in [0.1, 0.15) is 23.9 Å². The van der Waals surface area contributed by atoms with E-state index in [2.05, 4.69) is 0 Å². The van der Waals surface area contributed by atoms with Crippen LogP contribution in [0.25, 0.3) is 0 Å². The number of rotatable bonds is 5. The van der Waals surface area contributed by atoms with Gasteiger partial charge in [0.05, 0.1) is 7.11 Å². The van der Waals surface area contributed by atoms with Gasteiger partial charge in [0.15, 0.2) is 0 Å². The largest absolute Gasteiger partial charge is 0.496 e. The quantitative estimate of drug-likeness (QED) is 0.912. The molecular weight excluding hydrogens is 269 g/mol. The highest BCUT2D eigenvalue weighted by molar-refractivity contribution is 5.39. The van der Waals surface area contributed by atoms with Gasteiger partial charge < -0.3 is 15.2 Å². The Morgan fingerprint density at radius 2 is 1.90 bits per heavy atom. The molecule has 0 aromatic heterocycles. The number of ether oxygens (including phenoxy) is 2. The molecule has 0 heterocycles. The van der Waals surface area contributed by atoms with E-state index >= 15 is 0 Å². The van der Waals surface area contributed by atoms with Crippen LogP contribution in [0.3, 0.4) is 0 Å². The minimum atomic E-state index is -0.342. The van der Waals surface area contributed by atoms with Crippen LogP contribution in [0, 0.1) is 12.7 Å². The van der Waals surface area contributed by atoms with Crippen molar-refractivity contribution in [2.24, 2.45) is 5.73 Å². The lowest BCUT2D eigenvalue weighted by Crippen LogP contribution is -2.09. The van der Waals surface area contributed by atoms with Crippen LogP contribution in [-0.2, 0) is 6.61 Å². The lowest BCUT2D eigenvalue weighted by molar-refractivity contribution is 0.291. The molecule has 0 saturated carbocycles. The average Bonchev–Trinajstić information content (AvgIpc) is 2.45. The second-order valence-corrected chi connectivity index (χ2v) is 5.07. The summed E-state index contributed by atoms with van der Waals surface area (Å²) in [6.45, 7) is 4.14. The predicted molar refractivity (Wildman–Crippen MR) is 81.1 cm³/mol. The Bertz CT molecular complexity index is 626. The first-order valence-electron chi connectivity index (χ1n) is 6.82. The fourth-order valence-corrected chi connectivity index (χ4v) is 2.19. The van der Waals surface area contributed by atoms with Gasteiger partial charge in [0.25, 0.3) is 0 Å². The molecule has 21 heavy (non-hydrogen) atoms. The molecule has 0 radical (unpaired) electrons. The summed E-state index contributed by atoms with van der Waals surface area (Å²) in [4.78, 5) is 0. The Morgan fingerprint density at radius 3 is 2.57 bits per heavy atom. The molecule has 0 saturated heterocycles. The van der Waals surface area contributed by atoms with E-state index in [1.54, 1.807) is 13.2 Å². The van der Waals surface area contributed by atoms with Gasteiger partial charge in [-0.25, -0.2) is 4.39 Å². The monoisotopic (exact) mass is 289 g/mol. The van der Waals surface area contributed by atoms with E-state index in [-0.39, 0.29) is 11.9 Å². The van der Waals surface area contributed by atoms with Crippen molar-refractivity contribution in [3.8, 4) is 11.5 Å². The molecule has 0 bridgehead atoms. The molecule has 1 atom stereocenters. The summed E-state index contributed by atoms with van der Waals surface area (Å²) in [7, 11) is 1.61. The zero-order valence-corrected chi connectivity index (χ0v) is 12.5. The van der Waals surface area contributed by atoms with E-state index in [0.717, 1.165) is 22.4 Å². The minimum absolute atomic E-state index is 0.222. The molecule has 0 aliphatic heterocycles. The van der Waals surface area contributed by atoms with Crippen molar-refractivity contribution in [3.63, 3.8) is 0 Å². The molecule has 3 nitrogen and oxygen atoms in total. The van der Waals surface area contributed by atoms with Gasteiger partial charge in [-0.2, -0.15) is 0 Å². The molecule has 1 unspecified atom stereocenters. The normalized spacial score (nSPS) is 12.0. The molecule has 2 N–H and O–H groups in total. The molecule has 0 spiro atoms. The van der Waals surface area contributed by atoms with Crippen molar-refractivity contribution < 1.29 is 13.9 Å².